The molecule has 1 N–H and O–H groups in total. The lowest BCUT2D eigenvalue weighted by molar-refractivity contribution is 0.472. The Bertz CT molecular complexity index is 332. The third-order valence-electron chi connectivity index (χ3n) is 1.14. The fraction of sp³-hybridized carbons (Fsp3) is 0. The first-order valence-electron chi connectivity index (χ1n) is 2.73. The molecule has 4 heteroatoms. The minimum Gasteiger partial charge on any atom is -0.507 e. The minimum atomic E-state index is -0.0194. The maximum absolute atomic E-state index is 9.13. The van der Waals surface area contributed by atoms with Crippen molar-refractivity contribution in [3.05, 3.63) is 27.2 Å². The van der Waals surface area contributed by atoms with E-state index in [1.165, 1.54) is 12.1 Å². The number of nitriles is 1. The number of nitrogens with zero attached hydrogens (tertiary/aromatic N) is 1. The van der Waals surface area contributed by atoms with Crippen LogP contribution in [0.3, 0.4) is 0 Å². The van der Waals surface area contributed by atoms with Crippen molar-refractivity contribution in [3.63, 3.8) is 0 Å². The van der Waals surface area contributed by atoms with Crippen LogP contribution in [0.2, 0.25) is 5.02 Å². The highest BCUT2D eigenvalue weighted by atomic mass is 79.9. The Labute approximate surface area is 77.2 Å². The molecule has 0 aromatic heterocycles. The number of hydrogen-bond acceptors (Lipinski definition) is 2. The number of hydrogen-bond donors (Lipinski definition) is 1. The zero-order valence-electron chi connectivity index (χ0n) is 5.31. The lowest BCUT2D eigenvalue weighted by Crippen LogP contribution is -1.78. The van der Waals surface area contributed by atoms with Crippen molar-refractivity contribution in [2.75, 3.05) is 0 Å². The summed E-state index contributed by atoms with van der Waals surface area (Å²) >= 11 is 8.61. The van der Waals surface area contributed by atoms with E-state index in [2.05, 4.69) is 15.9 Å². The average molecular weight is 232 g/mol. The third-order valence-corrected chi connectivity index (χ3v) is 2.19. The molecule has 0 aliphatic heterocycles. The zero-order chi connectivity index (χ0) is 8.43. The highest BCUT2D eigenvalue weighted by Crippen LogP contribution is 2.30. The van der Waals surface area contributed by atoms with Crippen LogP contribution in [0.25, 0.3) is 0 Å². The quantitative estimate of drug-likeness (QED) is 0.747. The number of aromatic hydroxyl groups is 1. The van der Waals surface area contributed by atoms with Gasteiger partial charge in [0, 0.05) is 5.02 Å². The van der Waals surface area contributed by atoms with E-state index in [0.29, 0.717) is 15.1 Å². The molecule has 1 aromatic carbocycles. The second kappa shape index (κ2) is 3.12. The molecular weight excluding hydrogens is 229 g/mol. The Morgan fingerprint density at radius 1 is 1.55 bits per heavy atom. The van der Waals surface area contributed by atoms with Gasteiger partial charge in [0.1, 0.15) is 11.8 Å². The first-order chi connectivity index (χ1) is 5.15. The summed E-state index contributed by atoms with van der Waals surface area (Å²) in [5.74, 6) is -0.0194. The van der Waals surface area contributed by atoms with Crippen molar-refractivity contribution in [1.82, 2.24) is 0 Å². The Hall–Kier alpha value is -0.720. The van der Waals surface area contributed by atoms with E-state index in [0.717, 1.165) is 0 Å². The number of benzene rings is 1. The predicted octanol–water partition coefficient (Wildman–Crippen LogP) is 2.68. The topological polar surface area (TPSA) is 44.0 Å². The molecule has 0 aliphatic rings. The molecule has 11 heavy (non-hydrogen) atoms. The summed E-state index contributed by atoms with van der Waals surface area (Å²) in [5, 5.41) is 18.0. The van der Waals surface area contributed by atoms with Crippen LogP contribution < -0.4 is 0 Å². The fourth-order valence-corrected chi connectivity index (χ4v) is 1.19. The molecule has 0 heterocycles. The largest absolute Gasteiger partial charge is 0.507 e. The van der Waals surface area contributed by atoms with E-state index < -0.39 is 0 Å². The summed E-state index contributed by atoms with van der Waals surface area (Å²) in [6.45, 7) is 0. The number of rotatable bonds is 0. The lowest BCUT2D eigenvalue weighted by atomic mass is 10.2. The van der Waals surface area contributed by atoms with Gasteiger partial charge in [-0.3, -0.25) is 0 Å². The summed E-state index contributed by atoms with van der Waals surface area (Å²) in [7, 11) is 0. The molecule has 1 rings (SSSR count). The van der Waals surface area contributed by atoms with E-state index in [-0.39, 0.29) is 5.75 Å². The maximum atomic E-state index is 9.13. The van der Waals surface area contributed by atoms with Crippen molar-refractivity contribution < 1.29 is 5.11 Å². The monoisotopic (exact) mass is 231 g/mol. The van der Waals surface area contributed by atoms with Crippen LogP contribution in [0.4, 0.5) is 0 Å². The Morgan fingerprint density at radius 3 is 2.73 bits per heavy atom. The van der Waals surface area contributed by atoms with E-state index in [1.54, 1.807) is 0 Å². The number of halogens is 2. The highest BCUT2D eigenvalue weighted by molar-refractivity contribution is 9.10. The van der Waals surface area contributed by atoms with Crippen molar-refractivity contribution >= 4 is 27.5 Å². The molecular formula is C7H3BrClNO. The second-order valence-corrected chi connectivity index (χ2v) is 3.13. The number of phenolic OH excluding ortho intramolecular Hbond substituents is 1. The smallest absolute Gasteiger partial charge is 0.132 e. The van der Waals surface area contributed by atoms with Gasteiger partial charge in [-0.25, -0.2) is 0 Å². The Balaban J connectivity index is 3.39. The van der Waals surface area contributed by atoms with Crippen LogP contribution in [-0.4, -0.2) is 5.11 Å². The molecule has 0 saturated carbocycles. The van der Waals surface area contributed by atoms with Gasteiger partial charge >= 0.3 is 0 Å². The van der Waals surface area contributed by atoms with Gasteiger partial charge in [0.05, 0.1) is 10.0 Å². The van der Waals surface area contributed by atoms with Gasteiger partial charge in [0.2, 0.25) is 0 Å². The summed E-state index contributed by atoms with van der Waals surface area (Å²) in [6, 6.07) is 4.73. The zero-order valence-corrected chi connectivity index (χ0v) is 7.65. The normalized spacial score (nSPS) is 9.18. The van der Waals surface area contributed by atoms with Crippen LogP contribution in [0, 0.1) is 11.3 Å². The Morgan fingerprint density at radius 2 is 2.18 bits per heavy atom. The summed E-state index contributed by atoms with van der Waals surface area (Å²) in [5.41, 5.74) is 0.329. The van der Waals surface area contributed by atoms with E-state index in [1.807, 2.05) is 6.07 Å². The van der Waals surface area contributed by atoms with Crippen LogP contribution in [-0.2, 0) is 0 Å². The van der Waals surface area contributed by atoms with Gasteiger partial charge in [-0.15, -0.1) is 0 Å². The molecule has 0 radical (unpaired) electrons. The van der Waals surface area contributed by atoms with E-state index in [4.69, 9.17) is 22.0 Å². The highest BCUT2D eigenvalue weighted by Gasteiger charge is 2.05. The van der Waals surface area contributed by atoms with Crippen molar-refractivity contribution in [3.8, 4) is 11.8 Å². The van der Waals surface area contributed by atoms with Gasteiger partial charge in [-0.2, -0.15) is 5.26 Å². The number of phenols is 1. The van der Waals surface area contributed by atoms with Gasteiger partial charge in [-0.1, -0.05) is 11.6 Å². The van der Waals surface area contributed by atoms with Gasteiger partial charge in [-0.05, 0) is 28.1 Å². The minimum absolute atomic E-state index is 0.0194. The standard InChI is InChI=1S/C7H3BrClNO/c8-7-4(3-10)1-5(9)2-6(7)11/h1-2,11H. The first kappa shape index (κ1) is 8.38. The van der Waals surface area contributed by atoms with Crippen molar-refractivity contribution in [2.24, 2.45) is 0 Å². The molecule has 0 unspecified atom stereocenters. The van der Waals surface area contributed by atoms with Gasteiger partial charge in [0.25, 0.3) is 0 Å². The van der Waals surface area contributed by atoms with E-state index in [9.17, 15) is 0 Å². The SMILES string of the molecule is N#Cc1cc(Cl)cc(O)c1Br. The van der Waals surface area contributed by atoms with Crippen LogP contribution in [0.1, 0.15) is 5.56 Å². The van der Waals surface area contributed by atoms with Gasteiger partial charge < -0.3 is 5.11 Å². The molecule has 0 amide bonds. The van der Waals surface area contributed by atoms with Crippen LogP contribution in [0.15, 0.2) is 16.6 Å². The molecule has 0 fully saturated rings. The predicted molar refractivity (Wildman–Crippen MR) is 45.5 cm³/mol. The first-order valence-corrected chi connectivity index (χ1v) is 3.90. The molecule has 2 nitrogen and oxygen atoms in total. The van der Waals surface area contributed by atoms with E-state index >= 15 is 0 Å². The van der Waals surface area contributed by atoms with Gasteiger partial charge in [0.15, 0.2) is 0 Å². The van der Waals surface area contributed by atoms with Crippen molar-refractivity contribution in [2.45, 2.75) is 0 Å². The third kappa shape index (κ3) is 1.65. The average Bonchev–Trinajstić information content (AvgIpc) is 1.96. The molecule has 56 valence electrons. The summed E-state index contributed by atoms with van der Waals surface area (Å²) in [6.07, 6.45) is 0. The molecule has 0 aliphatic carbocycles. The molecule has 0 bridgehead atoms. The van der Waals surface area contributed by atoms with Crippen LogP contribution >= 0.6 is 27.5 Å². The summed E-state index contributed by atoms with van der Waals surface area (Å²) < 4.78 is 0.379. The second-order valence-electron chi connectivity index (χ2n) is 1.90. The molecule has 0 saturated heterocycles. The molecule has 0 spiro atoms. The molecule has 1 aromatic rings. The molecule has 0 atom stereocenters. The Kier molecular flexibility index (Phi) is 2.38. The van der Waals surface area contributed by atoms with Crippen molar-refractivity contribution in [1.29, 1.82) is 5.26 Å². The maximum Gasteiger partial charge on any atom is 0.132 e. The fourth-order valence-electron chi connectivity index (χ4n) is 0.656. The summed E-state index contributed by atoms with van der Waals surface area (Å²) in [4.78, 5) is 0. The van der Waals surface area contributed by atoms with Crippen LogP contribution in [0.5, 0.6) is 5.75 Å². The lowest BCUT2D eigenvalue weighted by Gasteiger charge is -1.98.